The fraction of sp³-hybridized carbons (Fsp3) is 0.304. The van der Waals surface area contributed by atoms with Crippen molar-refractivity contribution in [2.45, 2.75) is 26.9 Å². The van der Waals surface area contributed by atoms with Gasteiger partial charge in [0.05, 0.1) is 24.8 Å². The number of anilines is 1. The molecule has 152 valence electrons. The maximum absolute atomic E-state index is 13.4. The van der Waals surface area contributed by atoms with Gasteiger partial charge in [-0.05, 0) is 50.6 Å². The number of hydrogen-bond acceptors (Lipinski definition) is 4. The molecule has 29 heavy (non-hydrogen) atoms. The summed E-state index contributed by atoms with van der Waals surface area (Å²) >= 11 is 0. The molecule has 1 aliphatic heterocycles. The predicted molar refractivity (Wildman–Crippen MR) is 111 cm³/mol. The first-order valence-electron chi connectivity index (χ1n) is 9.74. The van der Waals surface area contributed by atoms with Gasteiger partial charge in [0.25, 0.3) is 11.8 Å². The first-order chi connectivity index (χ1) is 13.9. The van der Waals surface area contributed by atoms with Gasteiger partial charge in [-0.1, -0.05) is 30.3 Å². The second-order valence-corrected chi connectivity index (χ2v) is 6.99. The molecule has 3 rings (SSSR count). The molecular formula is C23H25FN2O3. The van der Waals surface area contributed by atoms with Crippen molar-refractivity contribution >= 4 is 23.1 Å². The highest BCUT2D eigenvalue weighted by Gasteiger charge is 2.41. The lowest BCUT2D eigenvalue weighted by Crippen LogP contribution is -2.37. The molecular weight excluding hydrogens is 371 g/mol. The molecule has 1 aliphatic rings. The third kappa shape index (κ3) is 4.38. The summed E-state index contributed by atoms with van der Waals surface area (Å²) in [5.74, 6) is -1.16. The summed E-state index contributed by atoms with van der Waals surface area (Å²) in [7, 11) is 0. The Morgan fingerprint density at radius 1 is 1.00 bits per heavy atom. The van der Waals surface area contributed by atoms with Crippen molar-refractivity contribution in [1.29, 1.82) is 0 Å². The molecule has 0 N–H and O–H groups in total. The van der Waals surface area contributed by atoms with E-state index in [0.29, 0.717) is 17.8 Å². The summed E-state index contributed by atoms with van der Waals surface area (Å²) in [6.45, 7) is 6.64. The van der Waals surface area contributed by atoms with Gasteiger partial charge in [-0.3, -0.25) is 14.5 Å². The fourth-order valence-corrected chi connectivity index (χ4v) is 3.35. The molecule has 1 heterocycles. The fourth-order valence-electron chi connectivity index (χ4n) is 3.35. The molecule has 0 saturated heterocycles. The minimum absolute atomic E-state index is 0.00302. The van der Waals surface area contributed by atoms with Gasteiger partial charge in [0, 0.05) is 12.2 Å². The largest absolute Gasteiger partial charge is 0.377 e. The van der Waals surface area contributed by atoms with Gasteiger partial charge < -0.3 is 9.64 Å². The van der Waals surface area contributed by atoms with Crippen molar-refractivity contribution < 1.29 is 18.7 Å². The van der Waals surface area contributed by atoms with Crippen LogP contribution in [0.2, 0.25) is 0 Å². The minimum Gasteiger partial charge on any atom is -0.377 e. The Kier molecular flexibility index (Phi) is 6.44. The third-order valence-corrected chi connectivity index (χ3v) is 4.70. The summed E-state index contributed by atoms with van der Waals surface area (Å²) in [4.78, 5) is 29.5. The number of carbonyl (C=O) groups is 2. The van der Waals surface area contributed by atoms with Crippen molar-refractivity contribution in [3.05, 3.63) is 71.7 Å². The number of imide groups is 1. The van der Waals surface area contributed by atoms with Crippen molar-refractivity contribution in [3.63, 3.8) is 0 Å². The average molecular weight is 396 g/mol. The van der Waals surface area contributed by atoms with E-state index in [2.05, 4.69) is 0 Å². The molecule has 0 aliphatic carbocycles. The van der Waals surface area contributed by atoms with Crippen LogP contribution in [0.4, 0.5) is 10.1 Å². The molecule has 6 heteroatoms. The van der Waals surface area contributed by atoms with Crippen LogP contribution in [0.15, 0.2) is 60.3 Å². The van der Waals surface area contributed by atoms with Crippen LogP contribution < -0.4 is 4.90 Å². The maximum Gasteiger partial charge on any atom is 0.278 e. The zero-order valence-corrected chi connectivity index (χ0v) is 16.9. The van der Waals surface area contributed by atoms with Gasteiger partial charge in [0.1, 0.15) is 11.5 Å². The summed E-state index contributed by atoms with van der Waals surface area (Å²) in [5, 5.41) is 0. The van der Waals surface area contributed by atoms with Gasteiger partial charge >= 0.3 is 0 Å². The highest BCUT2D eigenvalue weighted by Crippen LogP contribution is 2.34. The number of amides is 2. The molecule has 0 radical (unpaired) electrons. The number of para-hydroxylation sites is 1. The van der Waals surface area contributed by atoms with E-state index in [-0.39, 0.29) is 30.7 Å². The molecule has 0 spiro atoms. The predicted octanol–water partition coefficient (Wildman–Crippen LogP) is 3.86. The summed E-state index contributed by atoms with van der Waals surface area (Å²) in [6.07, 6.45) is 0.00302. The Hall–Kier alpha value is -2.99. The average Bonchev–Trinajstić information content (AvgIpc) is 2.95. The first kappa shape index (κ1) is 20.7. The van der Waals surface area contributed by atoms with Crippen molar-refractivity contribution in [2.75, 3.05) is 24.6 Å². The van der Waals surface area contributed by atoms with E-state index in [1.165, 1.54) is 29.2 Å². The first-order valence-corrected chi connectivity index (χ1v) is 9.74. The van der Waals surface area contributed by atoms with E-state index in [4.69, 9.17) is 4.74 Å². The monoisotopic (exact) mass is 396 g/mol. The summed E-state index contributed by atoms with van der Waals surface area (Å²) < 4.78 is 19.0. The van der Waals surface area contributed by atoms with E-state index >= 15 is 0 Å². The number of benzene rings is 2. The summed E-state index contributed by atoms with van der Waals surface area (Å²) in [5.41, 5.74) is 1.91. The molecule has 0 aromatic heterocycles. The molecule has 0 unspecified atom stereocenters. The van der Waals surface area contributed by atoms with Crippen LogP contribution in [0, 0.1) is 5.82 Å². The number of nitrogens with zero attached hydrogens (tertiary/aromatic N) is 2. The summed E-state index contributed by atoms with van der Waals surface area (Å²) in [6, 6.07) is 15.1. The number of likely N-dealkylation sites (N-methyl/N-ethyl adjacent to an activating group) is 1. The zero-order valence-electron chi connectivity index (χ0n) is 16.9. The van der Waals surface area contributed by atoms with E-state index in [0.717, 1.165) is 5.69 Å². The number of ether oxygens (including phenoxy) is 1. The molecule has 0 atom stereocenters. The molecule has 5 nitrogen and oxygen atoms in total. The van der Waals surface area contributed by atoms with Crippen LogP contribution in [0.3, 0.4) is 0 Å². The van der Waals surface area contributed by atoms with Crippen LogP contribution >= 0.6 is 0 Å². The highest BCUT2D eigenvalue weighted by atomic mass is 19.1. The maximum atomic E-state index is 13.4. The van der Waals surface area contributed by atoms with E-state index in [9.17, 15) is 14.0 Å². The van der Waals surface area contributed by atoms with Gasteiger partial charge in [0.15, 0.2) is 0 Å². The second kappa shape index (κ2) is 9.01. The number of halogens is 1. The topological polar surface area (TPSA) is 49.9 Å². The molecule has 0 fully saturated rings. The van der Waals surface area contributed by atoms with Crippen LogP contribution in [-0.4, -0.2) is 42.5 Å². The molecule has 0 bridgehead atoms. The normalized spacial score (nSPS) is 14.3. The Balaban J connectivity index is 2.05. The number of hydrogen-bond donors (Lipinski definition) is 0. The lowest BCUT2D eigenvalue weighted by molar-refractivity contribution is -0.138. The van der Waals surface area contributed by atoms with E-state index < -0.39 is 11.7 Å². The van der Waals surface area contributed by atoms with Crippen molar-refractivity contribution in [2.24, 2.45) is 0 Å². The van der Waals surface area contributed by atoms with Crippen molar-refractivity contribution in [3.8, 4) is 0 Å². The third-order valence-electron chi connectivity index (χ3n) is 4.70. The Morgan fingerprint density at radius 2 is 1.66 bits per heavy atom. The van der Waals surface area contributed by atoms with Gasteiger partial charge in [-0.25, -0.2) is 4.39 Å². The molecule has 2 aromatic rings. The zero-order chi connectivity index (χ0) is 21.0. The standard InChI is InChI=1S/C23H25FN2O3/c1-4-25(19-8-6-5-7-9-19)21-20(17-10-12-18(24)13-11-17)22(27)26(23(21)28)14-15-29-16(2)3/h5-13,16H,4,14-15H2,1-3H3. The second-order valence-electron chi connectivity index (χ2n) is 6.99. The van der Waals surface area contributed by atoms with E-state index in [1.54, 1.807) is 0 Å². The quantitative estimate of drug-likeness (QED) is 0.636. The van der Waals surface area contributed by atoms with Crippen molar-refractivity contribution in [1.82, 2.24) is 4.90 Å². The van der Waals surface area contributed by atoms with E-state index in [1.807, 2.05) is 56.0 Å². The molecule has 0 saturated carbocycles. The lowest BCUT2D eigenvalue weighted by Gasteiger charge is -2.25. The number of rotatable bonds is 8. The van der Waals surface area contributed by atoms with Crippen LogP contribution in [0.1, 0.15) is 26.3 Å². The van der Waals surface area contributed by atoms with Crippen LogP contribution in [0.25, 0.3) is 5.57 Å². The van der Waals surface area contributed by atoms with Gasteiger partial charge in [0.2, 0.25) is 0 Å². The van der Waals surface area contributed by atoms with Gasteiger partial charge in [-0.15, -0.1) is 0 Å². The van der Waals surface area contributed by atoms with Crippen LogP contribution in [-0.2, 0) is 14.3 Å². The Bertz CT molecular complexity index is 907. The molecule has 2 amide bonds. The highest BCUT2D eigenvalue weighted by molar-refractivity contribution is 6.36. The van der Waals surface area contributed by atoms with Gasteiger partial charge in [-0.2, -0.15) is 0 Å². The SMILES string of the molecule is CCN(C1=C(c2ccc(F)cc2)C(=O)N(CCOC(C)C)C1=O)c1ccccc1. The Labute approximate surface area is 170 Å². The molecule has 2 aromatic carbocycles. The van der Waals surface area contributed by atoms with Crippen LogP contribution in [0.5, 0.6) is 0 Å². The lowest BCUT2D eigenvalue weighted by atomic mass is 10.0. The smallest absolute Gasteiger partial charge is 0.278 e. The Morgan fingerprint density at radius 3 is 2.24 bits per heavy atom. The number of carbonyl (C=O) groups excluding carboxylic acids is 2. The minimum atomic E-state index is -0.398.